The number of hydrogen-bond acceptors (Lipinski definition) is 7. The van der Waals surface area contributed by atoms with Gasteiger partial charge in [0.2, 0.25) is 0 Å². The van der Waals surface area contributed by atoms with Crippen molar-refractivity contribution >= 4 is 0 Å². The Hall–Kier alpha value is -4.14. The van der Waals surface area contributed by atoms with Crippen molar-refractivity contribution in [2.75, 3.05) is 34.0 Å². The molecule has 0 unspecified atom stereocenters. The first kappa shape index (κ1) is 29.0. The van der Waals surface area contributed by atoms with E-state index in [4.69, 9.17) is 28.4 Å². The third-order valence-electron chi connectivity index (χ3n) is 8.32. The number of para-hydroxylation sites is 1. The first-order valence-electron chi connectivity index (χ1n) is 14.3. The highest BCUT2D eigenvalue weighted by atomic mass is 16.7. The monoisotopic (exact) mass is 580 g/mol. The Bertz CT molecular complexity index is 1470. The minimum atomic E-state index is -1.10. The van der Waals surface area contributed by atoms with E-state index < -0.39 is 29.5 Å². The van der Waals surface area contributed by atoms with Gasteiger partial charge in [0.05, 0.1) is 27.4 Å². The van der Waals surface area contributed by atoms with Gasteiger partial charge < -0.3 is 33.5 Å². The molecule has 4 atom stereocenters. The average molecular weight is 581 g/mol. The molecule has 0 radical (unpaired) electrons. The number of hydrogen-bond donors (Lipinski definition) is 1. The molecule has 4 aromatic carbocycles. The van der Waals surface area contributed by atoms with E-state index in [0.29, 0.717) is 12.4 Å². The van der Waals surface area contributed by atoms with Crippen LogP contribution in [0.1, 0.15) is 28.4 Å². The van der Waals surface area contributed by atoms with Crippen molar-refractivity contribution in [2.45, 2.75) is 29.5 Å². The molecule has 0 aromatic heterocycles. The van der Waals surface area contributed by atoms with Crippen LogP contribution in [0.4, 0.5) is 0 Å². The van der Waals surface area contributed by atoms with E-state index in [0.717, 1.165) is 33.8 Å². The van der Waals surface area contributed by atoms with Gasteiger partial charge in [-0.3, -0.25) is 0 Å². The van der Waals surface area contributed by atoms with Crippen LogP contribution in [0.5, 0.6) is 17.2 Å². The van der Waals surface area contributed by atoms with Crippen molar-refractivity contribution < 1.29 is 33.5 Å². The van der Waals surface area contributed by atoms with Gasteiger partial charge in [-0.25, -0.2) is 0 Å². The Morgan fingerprint density at radius 1 is 0.837 bits per heavy atom. The molecule has 2 fully saturated rings. The fourth-order valence-corrected chi connectivity index (χ4v) is 6.09. The summed E-state index contributed by atoms with van der Waals surface area (Å²) in [4.78, 5) is 0. The summed E-state index contributed by atoms with van der Waals surface area (Å²) in [6, 6.07) is 33.4. The maximum absolute atomic E-state index is 11.6. The fourth-order valence-electron chi connectivity index (χ4n) is 6.09. The molecule has 2 aliphatic rings. The smallest absolute Gasteiger partial charge is 0.144 e. The summed E-state index contributed by atoms with van der Waals surface area (Å²) >= 11 is 0. The Balaban J connectivity index is 1.41. The summed E-state index contributed by atoms with van der Waals surface area (Å²) in [5.41, 5.74) is 1.37. The highest BCUT2D eigenvalue weighted by Crippen LogP contribution is 2.51. The highest BCUT2D eigenvalue weighted by molar-refractivity contribution is 5.50. The summed E-state index contributed by atoms with van der Waals surface area (Å²) in [5, 5.41) is 11.6. The lowest BCUT2D eigenvalue weighted by Gasteiger charge is -2.39. The Labute approximate surface area is 252 Å². The number of aliphatic hydroxyl groups is 1. The molecular weight excluding hydrogens is 544 g/mol. The average Bonchev–Trinajstić information content (AvgIpc) is 3.53. The van der Waals surface area contributed by atoms with Gasteiger partial charge in [-0.15, -0.1) is 0 Å². The van der Waals surface area contributed by atoms with E-state index in [1.54, 1.807) is 20.3 Å². The number of methoxy groups -OCH3 is 2. The second-order valence-electron chi connectivity index (χ2n) is 10.8. The molecule has 2 aliphatic heterocycles. The summed E-state index contributed by atoms with van der Waals surface area (Å²) in [6.07, 6.45) is -0.308. The normalized spacial score (nSPS) is 22.7. The summed E-state index contributed by atoms with van der Waals surface area (Å²) in [7, 11) is 3.29. The van der Waals surface area contributed by atoms with Crippen LogP contribution in [0, 0.1) is 0 Å². The molecular formula is C36H36O7. The zero-order valence-electron chi connectivity index (χ0n) is 24.3. The van der Waals surface area contributed by atoms with E-state index in [9.17, 15) is 5.11 Å². The van der Waals surface area contributed by atoms with Crippen LogP contribution in [-0.4, -0.2) is 57.0 Å². The van der Waals surface area contributed by atoms with Crippen LogP contribution in [0.3, 0.4) is 0 Å². The summed E-state index contributed by atoms with van der Waals surface area (Å²) in [6.45, 7) is 4.37. The lowest BCUT2D eigenvalue weighted by atomic mass is 9.79. The van der Waals surface area contributed by atoms with E-state index in [1.165, 1.54) is 0 Å². The molecule has 222 valence electrons. The quantitative estimate of drug-likeness (QED) is 0.167. The SMILES string of the molecule is C=CCOc1ccccc1[C@@H]1O[C@@]2(COC(c3ccccc3)(c3ccc(OC)cc3)c3ccc(OC)cc3)CO[C@@H]1[C@@H]2O. The molecule has 2 saturated heterocycles. The minimum Gasteiger partial charge on any atom is -0.497 e. The summed E-state index contributed by atoms with van der Waals surface area (Å²) in [5.74, 6) is 2.14. The zero-order chi connectivity index (χ0) is 29.9. The van der Waals surface area contributed by atoms with Crippen molar-refractivity contribution in [3.8, 4) is 17.2 Å². The Morgan fingerprint density at radius 3 is 2.02 bits per heavy atom. The molecule has 2 heterocycles. The van der Waals surface area contributed by atoms with Gasteiger partial charge in [0, 0.05) is 5.56 Å². The maximum atomic E-state index is 11.6. The second-order valence-corrected chi connectivity index (χ2v) is 10.8. The largest absolute Gasteiger partial charge is 0.497 e. The fraction of sp³-hybridized carbons (Fsp3) is 0.278. The van der Waals surface area contributed by atoms with E-state index >= 15 is 0 Å². The van der Waals surface area contributed by atoms with Crippen molar-refractivity contribution in [3.05, 3.63) is 138 Å². The van der Waals surface area contributed by atoms with E-state index in [-0.39, 0.29) is 13.2 Å². The van der Waals surface area contributed by atoms with Crippen LogP contribution < -0.4 is 14.2 Å². The van der Waals surface area contributed by atoms with E-state index in [1.807, 2.05) is 103 Å². The molecule has 1 N–H and O–H groups in total. The molecule has 2 bridgehead atoms. The van der Waals surface area contributed by atoms with Gasteiger partial charge in [-0.1, -0.05) is 85.5 Å². The highest BCUT2D eigenvalue weighted by Gasteiger charge is 2.62. The van der Waals surface area contributed by atoms with Crippen LogP contribution in [0.15, 0.2) is 116 Å². The first-order valence-corrected chi connectivity index (χ1v) is 14.3. The molecule has 0 aliphatic carbocycles. The Kier molecular flexibility index (Phi) is 8.23. The van der Waals surface area contributed by atoms with Crippen LogP contribution in [0.2, 0.25) is 0 Å². The number of ether oxygens (including phenoxy) is 6. The van der Waals surface area contributed by atoms with Gasteiger partial charge in [-0.05, 0) is 47.0 Å². The molecule has 7 nitrogen and oxygen atoms in total. The number of aliphatic hydroxyl groups excluding tert-OH is 1. The number of rotatable bonds is 12. The number of benzene rings is 4. The molecule has 0 amide bonds. The third kappa shape index (κ3) is 5.19. The van der Waals surface area contributed by atoms with Crippen molar-refractivity contribution in [1.29, 1.82) is 0 Å². The van der Waals surface area contributed by atoms with Gasteiger partial charge in [0.1, 0.15) is 53.4 Å². The minimum absolute atomic E-state index is 0.0593. The lowest BCUT2D eigenvalue weighted by molar-refractivity contribution is -0.185. The van der Waals surface area contributed by atoms with Crippen molar-refractivity contribution in [1.82, 2.24) is 0 Å². The topological polar surface area (TPSA) is 75.6 Å². The molecule has 7 heteroatoms. The van der Waals surface area contributed by atoms with Crippen LogP contribution in [0.25, 0.3) is 0 Å². The first-order chi connectivity index (χ1) is 21.0. The molecule has 4 aromatic rings. The van der Waals surface area contributed by atoms with Gasteiger partial charge in [-0.2, -0.15) is 0 Å². The predicted octanol–water partition coefficient (Wildman–Crippen LogP) is 5.85. The molecule has 6 rings (SSSR count). The Morgan fingerprint density at radius 2 is 1.42 bits per heavy atom. The maximum Gasteiger partial charge on any atom is 0.144 e. The second kappa shape index (κ2) is 12.2. The van der Waals surface area contributed by atoms with Crippen LogP contribution in [-0.2, 0) is 19.8 Å². The van der Waals surface area contributed by atoms with E-state index in [2.05, 4.69) is 6.58 Å². The third-order valence-corrected chi connectivity index (χ3v) is 8.32. The molecule has 0 saturated carbocycles. The lowest BCUT2D eigenvalue weighted by Crippen LogP contribution is -2.48. The summed E-state index contributed by atoms with van der Waals surface area (Å²) < 4.78 is 36.8. The number of fused-ring (bicyclic) bond motifs is 2. The van der Waals surface area contributed by atoms with Gasteiger partial charge >= 0.3 is 0 Å². The van der Waals surface area contributed by atoms with Crippen LogP contribution >= 0.6 is 0 Å². The van der Waals surface area contributed by atoms with Crippen molar-refractivity contribution in [2.24, 2.45) is 0 Å². The predicted molar refractivity (Wildman–Crippen MR) is 163 cm³/mol. The standard InChI is InChI=1S/C36H36O7/c1-4-22-40-31-13-9-8-12-30(31)32-33-34(37)35(43-32,23-41-33)24-42-36(25-10-6-5-7-11-25,26-14-18-28(38-2)19-15-26)27-16-20-29(39-3)21-17-27/h4-21,32-34,37H,1,22-24H2,2-3H3/t32-,33-,34-,35+/m0/s1. The zero-order valence-corrected chi connectivity index (χ0v) is 24.3. The van der Waals surface area contributed by atoms with Crippen molar-refractivity contribution in [3.63, 3.8) is 0 Å². The molecule has 0 spiro atoms. The van der Waals surface area contributed by atoms with Gasteiger partial charge in [0.15, 0.2) is 0 Å². The molecule has 43 heavy (non-hydrogen) atoms. The van der Waals surface area contributed by atoms with Gasteiger partial charge in [0.25, 0.3) is 0 Å².